The maximum atomic E-state index is 11.2. The standard InChI is InChI=1S/C20H26N4O4/c25-20(7-3-9-24-8-2-1-4-17(20)24)12-21-11-18-22-19(28-23-18)14-5-6-15-16(10-14)27-13-26-15/h5-6,10,17,21,25H,1-4,7-9,11-13H2/t17-,20-/m1/s1. The van der Waals surface area contributed by atoms with Gasteiger partial charge in [-0.15, -0.1) is 0 Å². The van der Waals surface area contributed by atoms with Gasteiger partial charge in [-0.1, -0.05) is 11.6 Å². The highest BCUT2D eigenvalue weighted by atomic mass is 16.7. The predicted molar refractivity (Wildman–Crippen MR) is 101 cm³/mol. The number of piperidine rings is 2. The number of fused-ring (bicyclic) bond motifs is 2. The second kappa shape index (κ2) is 7.35. The molecule has 1 aromatic carbocycles. The van der Waals surface area contributed by atoms with E-state index in [0.717, 1.165) is 43.7 Å². The van der Waals surface area contributed by atoms with Gasteiger partial charge in [0.25, 0.3) is 5.89 Å². The van der Waals surface area contributed by atoms with Gasteiger partial charge in [0.1, 0.15) is 0 Å². The molecule has 2 saturated heterocycles. The number of benzene rings is 1. The van der Waals surface area contributed by atoms with Gasteiger partial charge in [-0.2, -0.15) is 4.98 Å². The number of aliphatic hydroxyl groups is 1. The Morgan fingerprint density at radius 3 is 3.04 bits per heavy atom. The monoisotopic (exact) mass is 386 g/mol. The van der Waals surface area contributed by atoms with Gasteiger partial charge < -0.3 is 24.4 Å². The summed E-state index contributed by atoms with van der Waals surface area (Å²) in [5, 5.41) is 18.6. The molecule has 3 aliphatic rings. The van der Waals surface area contributed by atoms with Crippen molar-refractivity contribution >= 4 is 0 Å². The van der Waals surface area contributed by atoms with Crippen molar-refractivity contribution in [3.05, 3.63) is 24.0 Å². The summed E-state index contributed by atoms with van der Waals surface area (Å²) in [4.78, 5) is 6.92. The summed E-state index contributed by atoms with van der Waals surface area (Å²) in [5.41, 5.74) is 0.120. The Kier molecular flexibility index (Phi) is 4.70. The van der Waals surface area contributed by atoms with Gasteiger partial charge >= 0.3 is 0 Å². The van der Waals surface area contributed by atoms with Gasteiger partial charge in [0.05, 0.1) is 12.1 Å². The fourth-order valence-corrected chi connectivity index (χ4v) is 4.69. The minimum Gasteiger partial charge on any atom is -0.454 e. The molecule has 0 unspecified atom stereocenters. The summed E-state index contributed by atoms with van der Waals surface area (Å²) in [5.74, 6) is 2.44. The second-order valence-electron chi connectivity index (χ2n) is 7.94. The minimum atomic E-state index is -0.678. The topological polar surface area (TPSA) is 92.9 Å². The van der Waals surface area contributed by atoms with Crippen LogP contribution in [0.5, 0.6) is 11.5 Å². The molecule has 2 N–H and O–H groups in total. The number of rotatable bonds is 5. The van der Waals surface area contributed by atoms with Crippen molar-refractivity contribution in [3.8, 4) is 23.0 Å². The highest BCUT2D eigenvalue weighted by Gasteiger charge is 2.43. The zero-order chi connectivity index (χ0) is 19.0. The molecule has 28 heavy (non-hydrogen) atoms. The van der Waals surface area contributed by atoms with E-state index < -0.39 is 5.60 Å². The first-order valence-corrected chi connectivity index (χ1v) is 10.1. The molecule has 8 heteroatoms. The number of nitrogens with one attached hydrogen (secondary N) is 1. The van der Waals surface area contributed by atoms with Crippen molar-refractivity contribution in [1.29, 1.82) is 0 Å². The summed E-state index contributed by atoms with van der Waals surface area (Å²) in [7, 11) is 0. The smallest absolute Gasteiger partial charge is 0.258 e. The Morgan fingerprint density at radius 2 is 2.07 bits per heavy atom. The SMILES string of the molecule is O[C@@]1(CNCc2noc(-c3ccc4c(c3)OCO4)n2)CCCN2CCCC[C@@H]21. The highest BCUT2D eigenvalue weighted by Crippen LogP contribution is 2.36. The van der Waals surface area contributed by atoms with E-state index in [-0.39, 0.29) is 12.8 Å². The lowest BCUT2D eigenvalue weighted by Crippen LogP contribution is -2.62. The first kappa shape index (κ1) is 17.9. The van der Waals surface area contributed by atoms with Crippen molar-refractivity contribution in [3.63, 3.8) is 0 Å². The third-order valence-corrected chi connectivity index (χ3v) is 6.09. The van der Waals surface area contributed by atoms with E-state index in [1.807, 2.05) is 18.2 Å². The lowest BCUT2D eigenvalue weighted by atomic mass is 9.79. The van der Waals surface area contributed by atoms with Gasteiger partial charge in [0.15, 0.2) is 17.3 Å². The van der Waals surface area contributed by atoms with Gasteiger partial charge in [0, 0.05) is 18.2 Å². The molecule has 4 heterocycles. The largest absolute Gasteiger partial charge is 0.454 e. The van der Waals surface area contributed by atoms with Crippen LogP contribution in [-0.4, -0.2) is 58.2 Å². The Labute approximate surface area is 163 Å². The van der Waals surface area contributed by atoms with E-state index in [1.54, 1.807) is 0 Å². The molecule has 5 rings (SSSR count). The maximum absolute atomic E-state index is 11.2. The number of hydrogen-bond acceptors (Lipinski definition) is 8. The molecule has 2 atom stereocenters. The van der Waals surface area contributed by atoms with Crippen molar-refractivity contribution in [2.45, 2.75) is 50.3 Å². The fourth-order valence-electron chi connectivity index (χ4n) is 4.69. The van der Waals surface area contributed by atoms with E-state index >= 15 is 0 Å². The zero-order valence-electron chi connectivity index (χ0n) is 15.9. The van der Waals surface area contributed by atoms with E-state index in [9.17, 15) is 5.11 Å². The van der Waals surface area contributed by atoms with Crippen LogP contribution in [0.3, 0.4) is 0 Å². The molecule has 2 aromatic rings. The van der Waals surface area contributed by atoms with Crippen LogP contribution >= 0.6 is 0 Å². The predicted octanol–water partition coefficient (Wildman–Crippen LogP) is 1.93. The number of ether oxygens (including phenoxy) is 2. The summed E-state index contributed by atoms with van der Waals surface area (Å²) in [6.07, 6.45) is 5.41. The van der Waals surface area contributed by atoms with Crippen LogP contribution in [0, 0.1) is 0 Å². The highest BCUT2D eigenvalue weighted by molar-refractivity contribution is 5.60. The van der Waals surface area contributed by atoms with E-state index in [4.69, 9.17) is 14.0 Å². The molecule has 0 spiro atoms. The molecule has 0 radical (unpaired) electrons. The third-order valence-electron chi connectivity index (χ3n) is 6.09. The van der Waals surface area contributed by atoms with Crippen LogP contribution in [-0.2, 0) is 6.54 Å². The van der Waals surface area contributed by atoms with Crippen molar-refractivity contribution in [2.75, 3.05) is 26.4 Å². The molecular formula is C20H26N4O4. The third kappa shape index (κ3) is 3.36. The van der Waals surface area contributed by atoms with Gasteiger partial charge in [-0.05, 0) is 57.0 Å². The van der Waals surface area contributed by atoms with Crippen LogP contribution in [0.2, 0.25) is 0 Å². The summed E-state index contributed by atoms with van der Waals surface area (Å²) in [6.45, 7) is 3.46. The van der Waals surface area contributed by atoms with E-state index in [1.165, 1.54) is 12.8 Å². The normalized spacial score (nSPS) is 27.0. The Balaban J connectivity index is 1.21. The van der Waals surface area contributed by atoms with Gasteiger partial charge in [-0.25, -0.2) is 0 Å². The van der Waals surface area contributed by atoms with Crippen LogP contribution in [0.15, 0.2) is 22.7 Å². The molecule has 8 nitrogen and oxygen atoms in total. The maximum Gasteiger partial charge on any atom is 0.258 e. The molecule has 0 saturated carbocycles. The van der Waals surface area contributed by atoms with Crippen LogP contribution in [0.1, 0.15) is 37.9 Å². The first-order valence-electron chi connectivity index (χ1n) is 10.1. The first-order chi connectivity index (χ1) is 13.7. The lowest BCUT2D eigenvalue weighted by Gasteiger charge is -2.49. The molecule has 1 aromatic heterocycles. The Bertz CT molecular complexity index is 839. The van der Waals surface area contributed by atoms with Crippen LogP contribution < -0.4 is 14.8 Å². The van der Waals surface area contributed by atoms with Gasteiger partial charge in [-0.3, -0.25) is 4.90 Å². The van der Waals surface area contributed by atoms with E-state index in [0.29, 0.717) is 30.6 Å². The molecule has 2 fully saturated rings. The van der Waals surface area contributed by atoms with Crippen molar-refractivity contribution < 1.29 is 19.1 Å². The summed E-state index contributed by atoms with van der Waals surface area (Å²) in [6, 6.07) is 5.82. The number of nitrogens with zero attached hydrogens (tertiary/aromatic N) is 3. The van der Waals surface area contributed by atoms with Crippen molar-refractivity contribution in [1.82, 2.24) is 20.4 Å². The molecular weight excluding hydrogens is 360 g/mol. The fraction of sp³-hybridized carbons (Fsp3) is 0.600. The molecule has 150 valence electrons. The molecule has 3 aliphatic heterocycles. The average Bonchev–Trinajstić information content (AvgIpc) is 3.37. The van der Waals surface area contributed by atoms with E-state index in [2.05, 4.69) is 20.4 Å². The number of aromatic nitrogens is 2. The minimum absolute atomic E-state index is 0.235. The Morgan fingerprint density at radius 1 is 1.18 bits per heavy atom. The average molecular weight is 386 g/mol. The summed E-state index contributed by atoms with van der Waals surface area (Å²) < 4.78 is 16.1. The number of hydrogen-bond donors (Lipinski definition) is 2. The Hall–Kier alpha value is -2.16. The van der Waals surface area contributed by atoms with Gasteiger partial charge in [0.2, 0.25) is 6.79 Å². The quantitative estimate of drug-likeness (QED) is 0.805. The molecule has 0 aliphatic carbocycles. The zero-order valence-corrected chi connectivity index (χ0v) is 15.9. The second-order valence-corrected chi connectivity index (χ2v) is 7.94. The van der Waals surface area contributed by atoms with Crippen LogP contribution in [0.4, 0.5) is 0 Å². The molecule has 0 bridgehead atoms. The van der Waals surface area contributed by atoms with Crippen molar-refractivity contribution in [2.24, 2.45) is 0 Å². The van der Waals surface area contributed by atoms with Crippen LogP contribution in [0.25, 0.3) is 11.5 Å². The summed E-state index contributed by atoms with van der Waals surface area (Å²) >= 11 is 0. The molecule has 0 amide bonds. The lowest BCUT2D eigenvalue weighted by molar-refractivity contribution is -0.0920.